The van der Waals surface area contributed by atoms with Crippen LogP contribution in [0.2, 0.25) is 5.02 Å². The first-order valence-electron chi connectivity index (χ1n) is 12.3. The third-order valence-electron chi connectivity index (χ3n) is 6.37. The van der Waals surface area contributed by atoms with Gasteiger partial charge in [0.15, 0.2) is 5.82 Å². The Hall–Kier alpha value is -5.31. The van der Waals surface area contributed by atoms with Gasteiger partial charge in [0.1, 0.15) is 6.07 Å². The summed E-state index contributed by atoms with van der Waals surface area (Å²) in [6, 6.07) is 19.7. The van der Waals surface area contributed by atoms with Crippen molar-refractivity contribution in [1.29, 1.82) is 5.26 Å². The van der Waals surface area contributed by atoms with Crippen molar-refractivity contribution in [3.63, 3.8) is 0 Å². The molecule has 1 aliphatic heterocycles. The van der Waals surface area contributed by atoms with E-state index >= 15 is 0 Å². The fourth-order valence-electron chi connectivity index (χ4n) is 4.45. The maximum absolute atomic E-state index is 13.9. The molecule has 12 heteroatoms. The Labute approximate surface area is 238 Å². The number of benzene rings is 2. The molecule has 4 N–H and O–H groups in total. The fourth-order valence-corrected chi connectivity index (χ4v) is 4.72. The molecule has 0 saturated heterocycles. The molecule has 1 atom stereocenters. The van der Waals surface area contributed by atoms with Crippen molar-refractivity contribution in [2.75, 3.05) is 15.6 Å². The molecular formula is C29H20ClF2N9. The maximum atomic E-state index is 13.9. The van der Waals surface area contributed by atoms with Crippen LogP contribution < -0.4 is 26.6 Å². The van der Waals surface area contributed by atoms with Crippen molar-refractivity contribution in [2.45, 2.75) is 6.04 Å². The number of rotatable bonds is 7. The minimum Gasteiger partial charge on any atom is -0.373 e. The minimum absolute atomic E-state index is 0.156. The second kappa shape index (κ2) is 11.1. The van der Waals surface area contributed by atoms with Gasteiger partial charge in [-0.2, -0.15) is 9.65 Å². The lowest BCUT2D eigenvalue weighted by atomic mass is 10.0. The second-order valence-electron chi connectivity index (χ2n) is 9.03. The molecule has 1 aliphatic rings. The summed E-state index contributed by atoms with van der Waals surface area (Å²) in [5.41, 5.74) is 10.7. The molecule has 41 heavy (non-hydrogen) atoms. The summed E-state index contributed by atoms with van der Waals surface area (Å²) in [4.78, 5) is 12.1. The van der Waals surface area contributed by atoms with Gasteiger partial charge in [-0.25, -0.2) is 9.37 Å². The molecule has 0 unspecified atom stereocenters. The van der Waals surface area contributed by atoms with Crippen molar-refractivity contribution < 1.29 is 8.78 Å². The van der Waals surface area contributed by atoms with Crippen LogP contribution in [0.25, 0.3) is 10.9 Å². The Bertz CT molecular complexity index is 1810. The van der Waals surface area contributed by atoms with Gasteiger partial charge in [0.25, 0.3) is 0 Å². The monoisotopic (exact) mass is 567 g/mol. The minimum atomic E-state index is -1.22. The molecule has 5 aromatic rings. The number of nitriles is 1. The van der Waals surface area contributed by atoms with E-state index in [1.54, 1.807) is 24.5 Å². The van der Waals surface area contributed by atoms with Gasteiger partial charge in [0.2, 0.25) is 5.95 Å². The van der Waals surface area contributed by atoms with Crippen LogP contribution in [0.15, 0.2) is 97.3 Å². The highest BCUT2D eigenvalue weighted by molar-refractivity contribution is 6.36. The number of aromatic nitrogens is 3. The SMILES string of the molecule is N#Cc1cnc2c(Cl)cc(N[C@H](C3=CN(c4ccccc4)NN3)c3cccnc3)cc2c1Nc1cnc(F)c(F)c1. The van der Waals surface area contributed by atoms with E-state index in [1.807, 2.05) is 53.7 Å². The molecule has 202 valence electrons. The van der Waals surface area contributed by atoms with Crippen LogP contribution >= 0.6 is 11.6 Å². The summed E-state index contributed by atoms with van der Waals surface area (Å²) in [6.45, 7) is 0. The number of nitrogens with one attached hydrogen (secondary N) is 4. The Morgan fingerprint density at radius 3 is 2.59 bits per heavy atom. The first-order valence-corrected chi connectivity index (χ1v) is 12.7. The third-order valence-corrected chi connectivity index (χ3v) is 6.66. The van der Waals surface area contributed by atoms with Crippen molar-refractivity contribution >= 4 is 45.3 Å². The van der Waals surface area contributed by atoms with E-state index in [2.05, 4.69) is 42.6 Å². The smallest absolute Gasteiger partial charge is 0.249 e. The molecule has 0 radical (unpaired) electrons. The number of hydrogen-bond donors (Lipinski definition) is 4. The number of pyridine rings is 3. The molecule has 0 amide bonds. The number of para-hydroxylation sites is 1. The topological polar surface area (TPSA) is 114 Å². The normalized spacial score (nSPS) is 13.3. The summed E-state index contributed by atoms with van der Waals surface area (Å²) in [7, 11) is 0. The molecule has 6 rings (SSSR count). The zero-order valence-electron chi connectivity index (χ0n) is 21.1. The molecule has 0 fully saturated rings. The average Bonchev–Trinajstić information content (AvgIpc) is 3.49. The molecule has 0 bridgehead atoms. The second-order valence-corrected chi connectivity index (χ2v) is 9.43. The number of hydrogen-bond acceptors (Lipinski definition) is 9. The number of anilines is 4. The Balaban J connectivity index is 1.41. The maximum Gasteiger partial charge on any atom is 0.249 e. The largest absolute Gasteiger partial charge is 0.373 e. The zero-order chi connectivity index (χ0) is 28.3. The van der Waals surface area contributed by atoms with E-state index in [1.165, 1.54) is 6.20 Å². The van der Waals surface area contributed by atoms with E-state index in [0.717, 1.165) is 29.2 Å². The van der Waals surface area contributed by atoms with Gasteiger partial charge in [-0.05, 0) is 35.9 Å². The standard InChI is InChI=1S/C29H20ClF2N9/c30-23-10-19(9-22-26(18(12-33)14-35-28(22)23)38-20-11-24(31)29(32)36-15-20)37-27(17-5-4-8-34-13-17)25-16-41(40-39-25)21-6-2-1-3-7-21/h1-11,13-16,27,37,39-40H,(H,35,38)/t27-/m0/s1. The number of hydrazine groups is 2. The van der Waals surface area contributed by atoms with Crippen LogP contribution in [0.1, 0.15) is 17.2 Å². The zero-order valence-corrected chi connectivity index (χ0v) is 21.9. The fraction of sp³-hybridized carbons (Fsp3) is 0.0345. The molecule has 0 aliphatic carbocycles. The molecule has 4 heterocycles. The molecule has 3 aromatic heterocycles. The summed E-state index contributed by atoms with van der Waals surface area (Å²) in [5, 5.41) is 18.9. The van der Waals surface area contributed by atoms with E-state index < -0.39 is 17.8 Å². The molecule has 9 nitrogen and oxygen atoms in total. The highest BCUT2D eigenvalue weighted by Gasteiger charge is 2.24. The van der Waals surface area contributed by atoms with Crippen LogP contribution in [0.4, 0.5) is 31.5 Å². The predicted octanol–water partition coefficient (Wildman–Crippen LogP) is 6.10. The lowest BCUT2D eigenvalue weighted by Gasteiger charge is -2.22. The Kier molecular flexibility index (Phi) is 6.99. The number of nitrogens with zero attached hydrogens (tertiary/aromatic N) is 5. The van der Waals surface area contributed by atoms with E-state index in [9.17, 15) is 14.0 Å². The van der Waals surface area contributed by atoms with Crippen LogP contribution in [0, 0.1) is 23.1 Å². The van der Waals surface area contributed by atoms with E-state index in [0.29, 0.717) is 27.3 Å². The van der Waals surface area contributed by atoms with Gasteiger partial charge in [-0.3, -0.25) is 15.0 Å². The Morgan fingerprint density at radius 2 is 1.83 bits per heavy atom. The third kappa shape index (κ3) is 5.29. The number of halogens is 3. The highest BCUT2D eigenvalue weighted by atomic mass is 35.5. The van der Waals surface area contributed by atoms with Gasteiger partial charge in [-0.1, -0.05) is 35.9 Å². The Morgan fingerprint density at radius 1 is 0.976 bits per heavy atom. The summed E-state index contributed by atoms with van der Waals surface area (Å²) in [6.07, 6.45) is 7.89. The van der Waals surface area contributed by atoms with Crippen molar-refractivity contribution in [3.8, 4) is 6.07 Å². The first-order chi connectivity index (χ1) is 20.0. The van der Waals surface area contributed by atoms with Gasteiger partial charge in [0.05, 0.1) is 51.1 Å². The van der Waals surface area contributed by atoms with Gasteiger partial charge in [0, 0.05) is 41.9 Å². The van der Waals surface area contributed by atoms with Crippen molar-refractivity contribution in [3.05, 3.63) is 125 Å². The first kappa shape index (κ1) is 25.9. The molecule has 0 saturated carbocycles. The van der Waals surface area contributed by atoms with E-state index in [4.69, 9.17) is 11.6 Å². The molecule has 0 spiro atoms. The highest BCUT2D eigenvalue weighted by Crippen LogP contribution is 2.37. The van der Waals surface area contributed by atoms with Crippen LogP contribution in [0.3, 0.4) is 0 Å². The predicted molar refractivity (Wildman–Crippen MR) is 153 cm³/mol. The lowest BCUT2D eigenvalue weighted by molar-refractivity contribution is 0.480. The van der Waals surface area contributed by atoms with Crippen molar-refractivity contribution in [2.24, 2.45) is 0 Å². The van der Waals surface area contributed by atoms with Gasteiger partial charge < -0.3 is 16.1 Å². The molecular weight excluding hydrogens is 548 g/mol. The summed E-state index contributed by atoms with van der Waals surface area (Å²) < 4.78 is 27.3. The van der Waals surface area contributed by atoms with Gasteiger partial charge >= 0.3 is 0 Å². The van der Waals surface area contributed by atoms with Crippen LogP contribution in [-0.4, -0.2) is 15.0 Å². The van der Waals surface area contributed by atoms with Crippen molar-refractivity contribution in [1.82, 2.24) is 25.9 Å². The number of fused-ring (bicyclic) bond motifs is 1. The molecule has 2 aromatic carbocycles. The van der Waals surface area contributed by atoms with Crippen LogP contribution in [-0.2, 0) is 0 Å². The lowest BCUT2D eigenvalue weighted by Crippen LogP contribution is -2.37. The summed E-state index contributed by atoms with van der Waals surface area (Å²) >= 11 is 6.67. The summed E-state index contributed by atoms with van der Waals surface area (Å²) in [5.74, 6) is -2.34. The quantitative estimate of drug-likeness (QED) is 0.173. The van der Waals surface area contributed by atoms with Crippen LogP contribution in [0.5, 0.6) is 0 Å². The van der Waals surface area contributed by atoms with Gasteiger partial charge in [-0.15, -0.1) is 5.53 Å². The average molecular weight is 568 g/mol. The van der Waals surface area contributed by atoms with E-state index in [-0.39, 0.29) is 11.3 Å².